The predicted octanol–water partition coefficient (Wildman–Crippen LogP) is 5.29. The summed E-state index contributed by atoms with van der Waals surface area (Å²) < 4.78 is 1.30. The van der Waals surface area contributed by atoms with Gasteiger partial charge in [-0.05, 0) is 37.1 Å². The zero-order valence-electron chi connectivity index (χ0n) is 16.7. The van der Waals surface area contributed by atoms with Crippen LogP contribution in [0.1, 0.15) is 29.7 Å². The van der Waals surface area contributed by atoms with Crippen molar-refractivity contribution in [2.75, 3.05) is 0 Å². The Kier molecular flexibility index (Phi) is 7.04. The molecular formula is C22H21ClN4O4. The molecule has 3 rings (SSSR count). The lowest BCUT2D eigenvalue weighted by Crippen LogP contribution is -2.17. The second-order valence-electron chi connectivity index (χ2n) is 6.84. The highest BCUT2D eigenvalue weighted by molar-refractivity contribution is 6.30. The lowest BCUT2D eigenvalue weighted by atomic mass is 10.1. The van der Waals surface area contributed by atoms with E-state index in [-0.39, 0.29) is 30.1 Å². The first-order valence-corrected chi connectivity index (χ1v) is 9.91. The number of carboxylic acids is 1. The number of aromatic nitrogens is 2. The third kappa shape index (κ3) is 5.70. The number of aromatic hydroxyl groups is 1. The van der Waals surface area contributed by atoms with Gasteiger partial charge in [0, 0.05) is 23.6 Å². The Labute approximate surface area is 183 Å². The van der Waals surface area contributed by atoms with E-state index in [0.717, 1.165) is 5.56 Å². The summed E-state index contributed by atoms with van der Waals surface area (Å²) in [5.41, 5.74) is 1.84. The largest absolute Gasteiger partial charge is 0.505 e. The summed E-state index contributed by atoms with van der Waals surface area (Å²) in [4.78, 5) is 23.1. The van der Waals surface area contributed by atoms with Crippen LogP contribution in [0.4, 0.5) is 11.4 Å². The van der Waals surface area contributed by atoms with Gasteiger partial charge in [-0.15, -0.1) is 10.2 Å². The van der Waals surface area contributed by atoms with Crippen LogP contribution in [-0.2, 0) is 11.3 Å². The number of para-hydroxylation sites is 1. The van der Waals surface area contributed by atoms with Crippen LogP contribution in [-0.4, -0.2) is 26.0 Å². The molecule has 0 unspecified atom stereocenters. The molecule has 160 valence electrons. The number of hydrogen-bond acceptors (Lipinski definition) is 5. The van der Waals surface area contributed by atoms with E-state index < -0.39 is 11.5 Å². The van der Waals surface area contributed by atoms with Crippen LogP contribution in [0.25, 0.3) is 12.2 Å². The molecule has 0 atom stereocenters. The minimum Gasteiger partial charge on any atom is -0.505 e. The molecule has 0 amide bonds. The van der Waals surface area contributed by atoms with E-state index in [0.29, 0.717) is 22.7 Å². The quantitative estimate of drug-likeness (QED) is 0.325. The van der Waals surface area contributed by atoms with Crippen LogP contribution in [0, 0.1) is 6.92 Å². The molecule has 1 aromatic heterocycles. The Balaban J connectivity index is 1.80. The van der Waals surface area contributed by atoms with Crippen LogP contribution < -0.4 is 5.56 Å². The zero-order valence-corrected chi connectivity index (χ0v) is 17.5. The number of aliphatic carboxylic acids is 1. The van der Waals surface area contributed by atoms with Crippen molar-refractivity contribution in [3.05, 3.63) is 74.7 Å². The Bertz CT molecular complexity index is 1210. The topological polar surface area (TPSA) is 120 Å². The van der Waals surface area contributed by atoms with Gasteiger partial charge in [0.05, 0.1) is 5.69 Å². The smallest absolute Gasteiger partial charge is 0.303 e. The highest BCUT2D eigenvalue weighted by Crippen LogP contribution is 2.32. The van der Waals surface area contributed by atoms with Crippen molar-refractivity contribution >= 4 is 41.1 Å². The number of nitrogens with zero attached hydrogens (tertiary/aromatic N) is 3. The molecule has 8 nitrogen and oxygen atoms in total. The summed E-state index contributed by atoms with van der Waals surface area (Å²) in [5, 5.41) is 30.8. The number of halogens is 1. The molecule has 31 heavy (non-hydrogen) atoms. The number of benzene rings is 2. The van der Waals surface area contributed by atoms with Crippen LogP contribution in [0.3, 0.4) is 0 Å². The van der Waals surface area contributed by atoms with Crippen molar-refractivity contribution in [2.45, 2.75) is 26.3 Å². The van der Waals surface area contributed by atoms with Crippen molar-refractivity contribution in [1.29, 1.82) is 0 Å². The second-order valence-corrected chi connectivity index (χ2v) is 7.28. The van der Waals surface area contributed by atoms with Crippen molar-refractivity contribution in [2.24, 2.45) is 10.2 Å². The van der Waals surface area contributed by atoms with E-state index in [4.69, 9.17) is 16.7 Å². The fourth-order valence-corrected chi connectivity index (χ4v) is 3.12. The highest BCUT2D eigenvalue weighted by atomic mass is 35.5. The minimum absolute atomic E-state index is 0.0370. The molecule has 3 N–H and O–H groups in total. The van der Waals surface area contributed by atoms with E-state index in [1.54, 1.807) is 43.3 Å². The fourth-order valence-electron chi connectivity index (χ4n) is 2.92. The van der Waals surface area contributed by atoms with Gasteiger partial charge in [-0.2, -0.15) is 0 Å². The van der Waals surface area contributed by atoms with Gasteiger partial charge in [-0.3, -0.25) is 19.4 Å². The summed E-state index contributed by atoms with van der Waals surface area (Å²) in [6, 6.07) is 12.3. The predicted molar refractivity (Wildman–Crippen MR) is 119 cm³/mol. The van der Waals surface area contributed by atoms with Crippen molar-refractivity contribution in [3.63, 3.8) is 0 Å². The average molecular weight is 441 g/mol. The number of H-pyrrole nitrogens is 1. The third-order valence-corrected chi connectivity index (χ3v) is 4.72. The van der Waals surface area contributed by atoms with Crippen LogP contribution in [0.5, 0.6) is 5.75 Å². The number of carbonyl (C=O) groups is 1. The first-order chi connectivity index (χ1) is 14.8. The number of nitrogens with one attached hydrogen (secondary N) is 1. The highest BCUT2D eigenvalue weighted by Gasteiger charge is 2.12. The number of rotatable bonds is 8. The molecular weight excluding hydrogens is 420 g/mol. The van der Waals surface area contributed by atoms with Gasteiger partial charge in [0.25, 0.3) is 5.56 Å². The van der Waals surface area contributed by atoms with Crippen LogP contribution in [0.15, 0.2) is 57.5 Å². The Morgan fingerprint density at radius 1 is 1.19 bits per heavy atom. The normalized spacial score (nSPS) is 11.5. The summed E-state index contributed by atoms with van der Waals surface area (Å²) in [6.07, 6.45) is 3.82. The molecule has 0 fully saturated rings. The maximum Gasteiger partial charge on any atom is 0.303 e. The molecule has 1 heterocycles. The van der Waals surface area contributed by atoms with Gasteiger partial charge < -0.3 is 10.2 Å². The van der Waals surface area contributed by atoms with Crippen LogP contribution in [0.2, 0.25) is 5.02 Å². The number of phenolic OH excluding ortho intramolecular Hbond substituents is 1. The number of azo groups is 1. The Hall–Kier alpha value is -3.65. The maximum atomic E-state index is 12.5. The molecule has 0 aliphatic rings. The summed E-state index contributed by atoms with van der Waals surface area (Å²) in [7, 11) is 0. The minimum atomic E-state index is -0.920. The van der Waals surface area contributed by atoms with Gasteiger partial charge >= 0.3 is 5.97 Å². The molecule has 0 spiro atoms. The molecule has 3 aromatic rings. The zero-order chi connectivity index (χ0) is 22.4. The third-order valence-electron chi connectivity index (χ3n) is 4.49. The molecule has 0 bridgehead atoms. The number of carboxylic acid groups (broad SMARTS) is 1. The van der Waals surface area contributed by atoms with E-state index >= 15 is 0 Å². The van der Waals surface area contributed by atoms with E-state index in [2.05, 4.69) is 15.3 Å². The molecule has 0 aliphatic heterocycles. The van der Waals surface area contributed by atoms with E-state index in [1.807, 2.05) is 18.2 Å². The van der Waals surface area contributed by atoms with E-state index in [1.165, 1.54) is 4.68 Å². The van der Waals surface area contributed by atoms with E-state index in [9.17, 15) is 14.7 Å². The van der Waals surface area contributed by atoms with Gasteiger partial charge in [0.1, 0.15) is 11.4 Å². The maximum absolute atomic E-state index is 12.5. The van der Waals surface area contributed by atoms with Gasteiger partial charge in [-0.1, -0.05) is 48.0 Å². The van der Waals surface area contributed by atoms with Crippen molar-refractivity contribution < 1.29 is 15.0 Å². The SMILES string of the molecule is Cc1[nH]n(CCCC(=O)O)c(=O)c1N=Nc1cccc(/C=C/c2cccc(Cl)c2)c1O. The Morgan fingerprint density at radius 3 is 2.71 bits per heavy atom. The fraction of sp³-hybridized carbons (Fsp3) is 0.182. The standard InChI is InChI=1S/C22H21ClN4O4/c1-14-20(22(31)27(26-14)12-4-9-19(28)29)25-24-18-8-3-6-16(21(18)30)11-10-15-5-2-7-17(23)13-15/h2-3,5-8,10-11,13,26,30H,4,9,12H2,1H3,(H,28,29)/b11-10+,25-24?. The van der Waals surface area contributed by atoms with Gasteiger partial charge in [-0.25, -0.2) is 0 Å². The molecule has 2 aromatic carbocycles. The van der Waals surface area contributed by atoms with Crippen LogP contribution >= 0.6 is 11.6 Å². The Morgan fingerprint density at radius 2 is 1.97 bits per heavy atom. The summed E-state index contributed by atoms with van der Waals surface area (Å²) >= 11 is 5.99. The molecule has 9 heteroatoms. The first-order valence-electron chi connectivity index (χ1n) is 9.53. The molecule has 0 saturated heterocycles. The van der Waals surface area contributed by atoms with Gasteiger partial charge in [0.15, 0.2) is 5.69 Å². The number of aryl methyl sites for hydroxylation is 2. The lowest BCUT2D eigenvalue weighted by molar-refractivity contribution is -0.137. The van der Waals surface area contributed by atoms with Crippen molar-refractivity contribution in [1.82, 2.24) is 9.78 Å². The number of phenols is 1. The number of aromatic amines is 1. The summed E-state index contributed by atoms with van der Waals surface area (Å²) in [6.45, 7) is 1.91. The van der Waals surface area contributed by atoms with Crippen molar-refractivity contribution in [3.8, 4) is 5.75 Å². The second kappa shape index (κ2) is 9.90. The molecule has 0 saturated carbocycles. The molecule has 0 radical (unpaired) electrons. The average Bonchev–Trinajstić information content (AvgIpc) is 2.99. The monoisotopic (exact) mass is 440 g/mol. The summed E-state index contributed by atoms with van der Waals surface area (Å²) in [5.74, 6) is -0.990. The first kappa shape index (κ1) is 22.0. The number of hydrogen-bond donors (Lipinski definition) is 3. The lowest BCUT2D eigenvalue weighted by Gasteiger charge is -2.02. The molecule has 0 aliphatic carbocycles. The van der Waals surface area contributed by atoms with Gasteiger partial charge in [0.2, 0.25) is 0 Å².